The first-order valence-corrected chi connectivity index (χ1v) is 6.35. The van der Waals surface area contributed by atoms with Crippen molar-refractivity contribution in [3.63, 3.8) is 0 Å². The molecule has 0 aromatic heterocycles. The number of carbonyl (C=O) groups excluding carboxylic acids is 2. The maximum absolute atomic E-state index is 12.2. The molecule has 1 rings (SSSR count). The van der Waals surface area contributed by atoms with Crippen LogP contribution in [0, 0.1) is 17.2 Å². The minimum Gasteiger partial charge on any atom is -0.352 e. The number of primary amides is 1. The summed E-state index contributed by atoms with van der Waals surface area (Å²) in [5.74, 6) is -0.408. The van der Waals surface area contributed by atoms with Gasteiger partial charge in [0.2, 0.25) is 5.91 Å². The van der Waals surface area contributed by atoms with E-state index in [1.165, 1.54) is 0 Å². The highest BCUT2D eigenvalue weighted by atomic mass is 16.2. The molecule has 4 N–H and O–H groups in total. The molecule has 1 aromatic rings. The third-order valence-corrected chi connectivity index (χ3v) is 3.05. The van der Waals surface area contributed by atoms with Crippen molar-refractivity contribution in [1.82, 2.24) is 5.32 Å². The number of nitrogens with zero attached hydrogens (tertiary/aromatic N) is 1. The van der Waals surface area contributed by atoms with E-state index in [-0.39, 0.29) is 11.8 Å². The lowest BCUT2D eigenvalue weighted by molar-refractivity contribution is -0.119. The van der Waals surface area contributed by atoms with E-state index < -0.39 is 12.1 Å². The summed E-state index contributed by atoms with van der Waals surface area (Å²) in [6, 6.07) is 7.11. The van der Waals surface area contributed by atoms with Gasteiger partial charge >= 0.3 is 6.03 Å². The predicted octanol–water partition coefficient (Wildman–Crippen LogP) is 1.58. The number of hydrogen-bond acceptors (Lipinski definition) is 3. The standard InChI is InChI=1S/C14H18N4O2/c1-3-9(2)12(18-14(16)20)13(19)17-11-6-4-5-10(7-11)8-15/h4-7,9,12H,3H2,1-2H3,(H,17,19)(H3,16,18,20). The lowest BCUT2D eigenvalue weighted by Crippen LogP contribution is -2.49. The lowest BCUT2D eigenvalue weighted by atomic mass is 9.98. The van der Waals surface area contributed by atoms with E-state index in [4.69, 9.17) is 11.0 Å². The number of nitrogens with two attached hydrogens (primary N) is 1. The molecule has 0 bridgehead atoms. The fourth-order valence-corrected chi connectivity index (χ4v) is 1.74. The second-order valence-electron chi connectivity index (χ2n) is 4.55. The van der Waals surface area contributed by atoms with Crippen LogP contribution >= 0.6 is 0 Å². The van der Waals surface area contributed by atoms with Crippen molar-refractivity contribution in [2.24, 2.45) is 11.7 Å². The van der Waals surface area contributed by atoms with Crippen LogP contribution < -0.4 is 16.4 Å². The van der Waals surface area contributed by atoms with Crippen LogP contribution in [-0.2, 0) is 4.79 Å². The molecule has 20 heavy (non-hydrogen) atoms. The zero-order valence-corrected chi connectivity index (χ0v) is 11.5. The lowest BCUT2D eigenvalue weighted by Gasteiger charge is -2.22. The second kappa shape index (κ2) is 7.14. The summed E-state index contributed by atoms with van der Waals surface area (Å²) in [5.41, 5.74) is 6.05. The molecule has 6 heteroatoms. The fraction of sp³-hybridized carbons (Fsp3) is 0.357. The van der Waals surface area contributed by atoms with Crippen molar-refractivity contribution in [1.29, 1.82) is 5.26 Å². The average Bonchev–Trinajstić information content (AvgIpc) is 2.43. The summed E-state index contributed by atoms with van der Waals surface area (Å²) in [6.45, 7) is 3.77. The van der Waals surface area contributed by atoms with Crippen molar-refractivity contribution < 1.29 is 9.59 Å². The van der Waals surface area contributed by atoms with Crippen LogP contribution in [0.4, 0.5) is 10.5 Å². The first-order valence-electron chi connectivity index (χ1n) is 6.35. The first kappa shape index (κ1) is 15.5. The van der Waals surface area contributed by atoms with Gasteiger partial charge in [-0.2, -0.15) is 5.26 Å². The van der Waals surface area contributed by atoms with Gasteiger partial charge in [0.15, 0.2) is 0 Å². The van der Waals surface area contributed by atoms with Crippen LogP contribution in [0.3, 0.4) is 0 Å². The van der Waals surface area contributed by atoms with Crippen LogP contribution in [0.25, 0.3) is 0 Å². The SMILES string of the molecule is CCC(C)C(NC(N)=O)C(=O)Nc1cccc(C#N)c1. The maximum Gasteiger partial charge on any atom is 0.312 e. The Hall–Kier alpha value is -2.55. The Morgan fingerprint density at radius 1 is 1.45 bits per heavy atom. The Labute approximate surface area is 118 Å². The molecule has 1 aromatic carbocycles. The molecule has 6 nitrogen and oxygen atoms in total. The average molecular weight is 274 g/mol. The number of urea groups is 1. The van der Waals surface area contributed by atoms with E-state index in [2.05, 4.69) is 10.6 Å². The number of nitriles is 1. The van der Waals surface area contributed by atoms with Gasteiger partial charge in [0, 0.05) is 5.69 Å². The van der Waals surface area contributed by atoms with E-state index >= 15 is 0 Å². The van der Waals surface area contributed by atoms with E-state index in [1.54, 1.807) is 24.3 Å². The minimum absolute atomic E-state index is 0.0540. The molecule has 0 radical (unpaired) electrons. The normalized spacial score (nSPS) is 12.8. The van der Waals surface area contributed by atoms with E-state index in [0.717, 1.165) is 6.42 Å². The van der Waals surface area contributed by atoms with Gasteiger partial charge in [-0.3, -0.25) is 4.79 Å². The molecular weight excluding hydrogens is 256 g/mol. The molecule has 0 saturated carbocycles. The number of carbonyl (C=O) groups is 2. The van der Waals surface area contributed by atoms with Crippen molar-refractivity contribution in [2.75, 3.05) is 5.32 Å². The first-order chi connectivity index (χ1) is 9.47. The third-order valence-electron chi connectivity index (χ3n) is 3.05. The topological polar surface area (TPSA) is 108 Å². The molecule has 106 valence electrons. The number of anilines is 1. The van der Waals surface area contributed by atoms with Crippen LogP contribution in [-0.4, -0.2) is 18.0 Å². The van der Waals surface area contributed by atoms with Gasteiger partial charge in [-0.25, -0.2) is 4.79 Å². The Balaban J connectivity index is 2.84. The van der Waals surface area contributed by atoms with E-state index in [0.29, 0.717) is 11.3 Å². The molecular formula is C14H18N4O2. The summed E-state index contributed by atoms with van der Waals surface area (Å²) in [6.07, 6.45) is 0.719. The fourth-order valence-electron chi connectivity index (χ4n) is 1.74. The molecule has 0 aliphatic carbocycles. The number of benzene rings is 1. The van der Waals surface area contributed by atoms with Gasteiger partial charge in [0.1, 0.15) is 6.04 Å². The van der Waals surface area contributed by atoms with Gasteiger partial charge in [0.25, 0.3) is 0 Å². The van der Waals surface area contributed by atoms with Gasteiger partial charge < -0.3 is 16.4 Å². The largest absolute Gasteiger partial charge is 0.352 e. The highest BCUT2D eigenvalue weighted by Crippen LogP contribution is 2.13. The van der Waals surface area contributed by atoms with Crippen molar-refractivity contribution in [2.45, 2.75) is 26.3 Å². The quantitative estimate of drug-likeness (QED) is 0.758. The molecule has 0 spiro atoms. The highest BCUT2D eigenvalue weighted by molar-refractivity contribution is 5.97. The molecule has 0 saturated heterocycles. The summed E-state index contributed by atoms with van der Waals surface area (Å²) >= 11 is 0. The monoisotopic (exact) mass is 274 g/mol. The Kier molecular flexibility index (Phi) is 5.54. The smallest absolute Gasteiger partial charge is 0.312 e. The van der Waals surface area contributed by atoms with Crippen molar-refractivity contribution >= 4 is 17.6 Å². The molecule has 0 aliphatic heterocycles. The van der Waals surface area contributed by atoms with Gasteiger partial charge in [-0.05, 0) is 24.1 Å². The zero-order valence-electron chi connectivity index (χ0n) is 11.5. The Morgan fingerprint density at radius 3 is 2.70 bits per heavy atom. The molecule has 3 amide bonds. The third kappa shape index (κ3) is 4.28. The van der Waals surface area contributed by atoms with E-state index in [9.17, 15) is 9.59 Å². The zero-order chi connectivity index (χ0) is 15.1. The molecule has 0 heterocycles. The predicted molar refractivity (Wildman–Crippen MR) is 75.7 cm³/mol. The Bertz CT molecular complexity index is 536. The molecule has 2 atom stereocenters. The highest BCUT2D eigenvalue weighted by Gasteiger charge is 2.25. The molecule has 0 fully saturated rings. The maximum atomic E-state index is 12.2. The molecule has 0 aliphatic rings. The number of nitrogens with one attached hydrogen (secondary N) is 2. The van der Waals surface area contributed by atoms with Crippen LogP contribution in [0.5, 0.6) is 0 Å². The van der Waals surface area contributed by atoms with Crippen LogP contribution in [0.15, 0.2) is 24.3 Å². The number of hydrogen-bond donors (Lipinski definition) is 3. The number of rotatable bonds is 5. The van der Waals surface area contributed by atoms with Crippen molar-refractivity contribution in [3.05, 3.63) is 29.8 Å². The van der Waals surface area contributed by atoms with Crippen LogP contribution in [0.2, 0.25) is 0 Å². The van der Waals surface area contributed by atoms with Gasteiger partial charge in [-0.1, -0.05) is 26.3 Å². The number of amides is 3. The Morgan fingerprint density at radius 2 is 2.15 bits per heavy atom. The van der Waals surface area contributed by atoms with Gasteiger partial charge in [0.05, 0.1) is 11.6 Å². The summed E-state index contributed by atoms with van der Waals surface area (Å²) in [4.78, 5) is 23.2. The molecule has 2 unspecified atom stereocenters. The van der Waals surface area contributed by atoms with E-state index in [1.807, 2.05) is 19.9 Å². The summed E-state index contributed by atoms with van der Waals surface area (Å²) in [5, 5.41) is 13.9. The summed E-state index contributed by atoms with van der Waals surface area (Å²) in [7, 11) is 0. The van der Waals surface area contributed by atoms with Crippen molar-refractivity contribution in [3.8, 4) is 6.07 Å². The summed E-state index contributed by atoms with van der Waals surface area (Å²) < 4.78 is 0. The minimum atomic E-state index is -0.740. The second-order valence-corrected chi connectivity index (χ2v) is 4.55. The van der Waals surface area contributed by atoms with Gasteiger partial charge in [-0.15, -0.1) is 0 Å². The van der Waals surface area contributed by atoms with Crippen LogP contribution in [0.1, 0.15) is 25.8 Å².